The lowest BCUT2D eigenvalue weighted by Crippen LogP contribution is -2.35. The summed E-state index contributed by atoms with van der Waals surface area (Å²) in [5, 5.41) is 8.86. The maximum Gasteiger partial charge on any atom is 0.339 e. The Morgan fingerprint density at radius 1 is 1.00 bits per heavy atom. The zero-order valence-electron chi connectivity index (χ0n) is 16.2. The molecule has 0 heterocycles. The zero-order chi connectivity index (χ0) is 20.0. The Labute approximate surface area is 160 Å². The van der Waals surface area contributed by atoms with Crippen molar-refractivity contribution >= 4 is 17.6 Å². The molecule has 0 spiro atoms. The quantitative estimate of drug-likeness (QED) is 0.726. The minimum Gasteiger partial charge on any atom is -0.452 e. The van der Waals surface area contributed by atoms with E-state index < -0.39 is 5.97 Å². The van der Waals surface area contributed by atoms with Gasteiger partial charge in [-0.05, 0) is 51.0 Å². The minimum absolute atomic E-state index is 0.198. The summed E-state index contributed by atoms with van der Waals surface area (Å²) in [5.74, 6) is -0.868. The van der Waals surface area contributed by atoms with Crippen molar-refractivity contribution in [2.24, 2.45) is 0 Å². The molecule has 0 aliphatic heterocycles. The predicted molar refractivity (Wildman–Crippen MR) is 105 cm³/mol. The fraction of sp³-hybridized carbons (Fsp3) is 0.318. The fourth-order valence-corrected chi connectivity index (χ4v) is 3.06. The Morgan fingerprint density at radius 3 is 2.15 bits per heavy atom. The van der Waals surface area contributed by atoms with Crippen LogP contribution in [-0.4, -0.2) is 25.0 Å². The van der Waals surface area contributed by atoms with Gasteiger partial charge in [0.25, 0.3) is 5.91 Å². The van der Waals surface area contributed by atoms with Gasteiger partial charge < -0.3 is 9.64 Å². The van der Waals surface area contributed by atoms with Crippen molar-refractivity contribution in [2.75, 3.05) is 18.1 Å². The lowest BCUT2D eigenvalue weighted by molar-refractivity contribution is -0.121. The van der Waals surface area contributed by atoms with E-state index in [4.69, 9.17) is 10.00 Å². The number of rotatable bonds is 6. The highest BCUT2D eigenvalue weighted by molar-refractivity contribution is 5.98. The van der Waals surface area contributed by atoms with Crippen LogP contribution in [0.2, 0.25) is 0 Å². The van der Waals surface area contributed by atoms with Crippen LogP contribution in [0.1, 0.15) is 39.0 Å². The normalized spacial score (nSPS) is 10.2. The number of benzene rings is 2. The van der Waals surface area contributed by atoms with E-state index in [1.165, 1.54) is 4.90 Å². The summed E-state index contributed by atoms with van der Waals surface area (Å²) in [7, 11) is 0. The number of carbonyl (C=O) groups excluding carboxylic acids is 2. The zero-order valence-corrected chi connectivity index (χ0v) is 16.2. The topological polar surface area (TPSA) is 70.4 Å². The number of anilines is 1. The van der Waals surface area contributed by atoms with Gasteiger partial charge in [-0.3, -0.25) is 4.79 Å². The molecule has 27 heavy (non-hydrogen) atoms. The molecule has 0 N–H and O–H groups in total. The first-order chi connectivity index (χ1) is 12.8. The summed E-state index contributed by atoms with van der Waals surface area (Å²) in [6.07, 6.45) is 0.198. The molecule has 0 aliphatic rings. The van der Waals surface area contributed by atoms with Crippen LogP contribution in [0, 0.1) is 39.0 Å². The van der Waals surface area contributed by atoms with Crippen LogP contribution < -0.4 is 4.90 Å². The van der Waals surface area contributed by atoms with Gasteiger partial charge in [0.1, 0.15) is 0 Å². The molecule has 0 saturated carbocycles. The van der Waals surface area contributed by atoms with Gasteiger partial charge in [-0.1, -0.05) is 35.4 Å². The largest absolute Gasteiger partial charge is 0.452 e. The summed E-state index contributed by atoms with van der Waals surface area (Å²) in [6.45, 7) is 7.50. The second-order valence-electron chi connectivity index (χ2n) is 6.64. The third kappa shape index (κ3) is 5.18. The van der Waals surface area contributed by atoms with Gasteiger partial charge in [-0.15, -0.1) is 0 Å². The monoisotopic (exact) mass is 364 g/mol. The number of ether oxygens (including phenoxy) is 1. The summed E-state index contributed by atoms with van der Waals surface area (Å²) in [6, 6.07) is 13.3. The number of amides is 1. The molecule has 5 nitrogen and oxygen atoms in total. The molecular formula is C22H24N2O3. The third-order valence-corrected chi connectivity index (χ3v) is 4.30. The molecule has 1 amide bonds. The molecule has 2 aromatic rings. The predicted octanol–water partition coefficient (Wildman–Crippen LogP) is 4.02. The smallest absolute Gasteiger partial charge is 0.339 e. The molecular weight excluding hydrogens is 340 g/mol. The molecule has 0 aromatic heterocycles. The number of carbonyl (C=O) groups is 2. The van der Waals surface area contributed by atoms with Crippen LogP contribution in [0.3, 0.4) is 0 Å². The van der Waals surface area contributed by atoms with Gasteiger partial charge >= 0.3 is 5.97 Å². The number of nitrogens with zero attached hydrogens (tertiary/aromatic N) is 2. The highest BCUT2D eigenvalue weighted by Gasteiger charge is 2.20. The molecule has 2 rings (SSSR count). The van der Waals surface area contributed by atoms with E-state index in [9.17, 15) is 9.59 Å². The Hall–Kier alpha value is -3.13. The first-order valence-corrected chi connectivity index (χ1v) is 8.82. The SMILES string of the molecule is Cc1ccc(N(CCC#N)C(=O)COC(=O)c2c(C)cc(C)cc2C)cc1. The standard InChI is InChI=1S/C22H24N2O3/c1-15-6-8-19(9-7-15)24(11-5-10-23)20(25)14-27-22(26)21-17(3)12-16(2)13-18(21)4/h6-9,12-13H,5,11,14H2,1-4H3. The van der Waals surface area contributed by atoms with E-state index in [2.05, 4.69) is 0 Å². The maximum absolute atomic E-state index is 12.6. The molecule has 0 atom stereocenters. The van der Waals surface area contributed by atoms with Gasteiger partial charge in [0.05, 0.1) is 18.1 Å². The average molecular weight is 364 g/mol. The average Bonchev–Trinajstić information content (AvgIpc) is 2.60. The highest BCUT2D eigenvalue weighted by atomic mass is 16.5. The second kappa shape index (κ2) is 9.00. The van der Waals surface area contributed by atoms with Crippen LogP contribution in [0.5, 0.6) is 0 Å². The number of hydrogen-bond donors (Lipinski definition) is 0. The molecule has 0 unspecified atom stereocenters. The summed E-state index contributed by atoms with van der Waals surface area (Å²) in [4.78, 5) is 26.6. The number of esters is 1. The highest BCUT2D eigenvalue weighted by Crippen LogP contribution is 2.19. The third-order valence-electron chi connectivity index (χ3n) is 4.30. The van der Waals surface area contributed by atoms with Crippen LogP contribution in [-0.2, 0) is 9.53 Å². The Kier molecular flexibility index (Phi) is 6.73. The van der Waals surface area contributed by atoms with E-state index in [1.54, 1.807) is 0 Å². The molecule has 0 bridgehead atoms. The molecule has 5 heteroatoms. The molecule has 0 saturated heterocycles. The first-order valence-electron chi connectivity index (χ1n) is 8.82. The number of nitriles is 1. The van der Waals surface area contributed by atoms with Crippen molar-refractivity contribution in [2.45, 2.75) is 34.1 Å². The molecule has 2 aromatic carbocycles. The van der Waals surface area contributed by atoms with Crippen LogP contribution >= 0.6 is 0 Å². The maximum atomic E-state index is 12.6. The van der Waals surface area contributed by atoms with E-state index in [1.807, 2.05) is 70.2 Å². The number of aryl methyl sites for hydroxylation is 4. The van der Waals surface area contributed by atoms with Gasteiger partial charge in [-0.25, -0.2) is 4.79 Å². The molecule has 140 valence electrons. The van der Waals surface area contributed by atoms with E-state index in [0.29, 0.717) is 11.3 Å². The fourth-order valence-electron chi connectivity index (χ4n) is 3.06. The molecule has 0 aliphatic carbocycles. The van der Waals surface area contributed by atoms with Gasteiger partial charge in [0.15, 0.2) is 6.61 Å². The van der Waals surface area contributed by atoms with Crippen LogP contribution in [0.25, 0.3) is 0 Å². The van der Waals surface area contributed by atoms with Crippen molar-refractivity contribution in [3.05, 3.63) is 64.2 Å². The van der Waals surface area contributed by atoms with Crippen molar-refractivity contribution in [3.63, 3.8) is 0 Å². The lowest BCUT2D eigenvalue weighted by atomic mass is 10.00. The number of hydrogen-bond acceptors (Lipinski definition) is 4. The summed E-state index contributed by atoms with van der Waals surface area (Å²) in [5.41, 5.74) is 4.96. The lowest BCUT2D eigenvalue weighted by Gasteiger charge is -2.22. The molecule has 0 fully saturated rings. The Balaban J connectivity index is 2.12. The minimum atomic E-state index is -0.512. The van der Waals surface area contributed by atoms with Crippen molar-refractivity contribution in [1.82, 2.24) is 0 Å². The second-order valence-corrected chi connectivity index (χ2v) is 6.64. The van der Waals surface area contributed by atoms with Crippen LogP contribution in [0.15, 0.2) is 36.4 Å². The Morgan fingerprint density at radius 2 is 1.59 bits per heavy atom. The Bertz CT molecular complexity index is 856. The van der Waals surface area contributed by atoms with Gasteiger partial charge in [0, 0.05) is 12.2 Å². The molecule has 0 radical (unpaired) electrons. The van der Waals surface area contributed by atoms with Gasteiger partial charge in [0.2, 0.25) is 0 Å². The van der Waals surface area contributed by atoms with Crippen molar-refractivity contribution in [1.29, 1.82) is 5.26 Å². The van der Waals surface area contributed by atoms with Crippen molar-refractivity contribution in [3.8, 4) is 6.07 Å². The van der Waals surface area contributed by atoms with E-state index >= 15 is 0 Å². The van der Waals surface area contributed by atoms with E-state index in [0.717, 1.165) is 22.3 Å². The van der Waals surface area contributed by atoms with Crippen molar-refractivity contribution < 1.29 is 14.3 Å². The summed E-state index contributed by atoms with van der Waals surface area (Å²) >= 11 is 0. The first kappa shape index (κ1) is 20.2. The van der Waals surface area contributed by atoms with Gasteiger partial charge in [-0.2, -0.15) is 5.26 Å². The van der Waals surface area contributed by atoms with E-state index in [-0.39, 0.29) is 25.5 Å². The van der Waals surface area contributed by atoms with Crippen LogP contribution in [0.4, 0.5) is 5.69 Å². The summed E-state index contributed by atoms with van der Waals surface area (Å²) < 4.78 is 5.28.